The number of hydrogen-bond acceptors (Lipinski definition) is 4. The lowest BCUT2D eigenvalue weighted by molar-refractivity contribution is 0.104. The summed E-state index contributed by atoms with van der Waals surface area (Å²) in [6.45, 7) is 0.921. The first kappa shape index (κ1) is 11.1. The molecule has 3 nitrogen and oxygen atoms in total. The van der Waals surface area contributed by atoms with Crippen LogP contribution in [0, 0.1) is 0 Å². The van der Waals surface area contributed by atoms with Crippen molar-refractivity contribution in [3.63, 3.8) is 0 Å². The van der Waals surface area contributed by atoms with Crippen molar-refractivity contribution in [3.05, 3.63) is 40.9 Å². The number of hydrogen-bond donors (Lipinski definition) is 1. The van der Waals surface area contributed by atoms with Crippen LogP contribution in [0.5, 0.6) is 5.75 Å². The van der Waals surface area contributed by atoms with E-state index in [0.717, 1.165) is 23.0 Å². The summed E-state index contributed by atoms with van der Waals surface area (Å²) < 4.78 is 5.05. The molecule has 0 amide bonds. The third-order valence-electron chi connectivity index (χ3n) is 2.31. The fourth-order valence-corrected chi connectivity index (χ4v) is 2.30. The molecule has 0 radical (unpaired) electrons. The largest absolute Gasteiger partial charge is 0.497 e. The van der Waals surface area contributed by atoms with Crippen LogP contribution in [0.15, 0.2) is 35.4 Å². The lowest BCUT2D eigenvalue weighted by atomic mass is 10.1. The van der Waals surface area contributed by atoms with Gasteiger partial charge in [0.15, 0.2) is 0 Å². The van der Waals surface area contributed by atoms with Gasteiger partial charge in [-0.05, 0) is 24.3 Å². The maximum Gasteiger partial charge on any atom is 0.200 e. The van der Waals surface area contributed by atoms with E-state index in [2.05, 4.69) is 5.32 Å². The monoisotopic (exact) mass is 235 g/mol. The van der Waals surface area contributed by atoms with Gasteiger partial charge in [0.1, 0.15) is 5.75 Å². The molecule has 2 rings (SSSR count). The van der Waals surface area contributed by atoms with E-state index in [4.69, 9.17) is 4.74 Å². The zero-order chi connectivity index (χ0) is 11.4. The third kappa shape index (κ3) is 2.39. The molecule has 1 N–H and O–H groups in total. The van der Waals surface area contributed by atoms with Crippen LogP contribution in [0.4, 0.5) is 0 Å². The van der Waals surface area contributed by atoms with E-state index in [-0.39, 0.29) is 5.78 Å². The van der Waals surface area contributed by atoms with Gasteiger partial charge in [0.05, 0.1) is 12.0 Å². The number of benzene rings is 1. The van der Waals surface area contributed by atoms with E-state index in [9.17, 15) is 4.79 Å². The fraction of sp³-hybridized carbons (Fsp3) is 0.250. The number of ketones is 1. The first-order valence-corrected chi connectivity index (χ1v) is 6.05. The molecule has 0 unspecified atom stereocenters. The molecule has 1 aromatic carbocycles. The van der Waals surface area contributed by atoms with E-state index < -0.39 is 0 Å². The Balaban J connectivity index is 2.16. The van der Waals surface area contributed by atoms with E-state index >= 15 is 0 Å². The highest BCUT2D eigenvalue weighted by atomic mass is 32.2. The van der Waals surface area contributed by atoms with Gasteiger partial charge >= 0.3 is 0 Å². The summed E-state index contributed by atoms with van der Waals surface area (Å²) in [4.78, 5) is 12.8. The molecule has 0 atom stereocenters. The van der Waals surface area contributed by atoms with E-state index in [1.165, 1.54) is 0 Å². The number of rotatable bonds is 3. The average molecular weight is 235 g/mol. The quantitative estimate of drug-likeness (QED) is 0.814. The molecular weight excluding hydrogens is 222 g/mol. The zero-order valence-corrected chi connectivity index (χ0v) is 9.84. The van der Waals surface area contributed by atoms with Gasteiger partial charge in [0.25, 0.3) is 0 Å². The number of carbonyl (C=O) groups is 1. The second-order valence-electron chi connectivity index (χ2n) is 3.37. The normalized spacial score (nSPS) is 14.9. The maximum absolute atomic E-state index is 12.0. The predicted octanol–water partition coefficient (Wildman–Crippen LogP) is 2.06. The number of Topliss-reactive ketones (excluding diaryl/α,β-unsaturated/α-hetero) is 1. The van der Waals surface area contributed by atoms with Crippen molar-refractivity contribution in [2.45, 2.75) is 0 Å². The molecule has 1 aliphatic heterocycles. The van der Waals surface area contributed by atoms with Crippen molar-refractivity contribution in [3.8, 4) is 5.75 Å². The Morgan fingerprint density at radius 3 is 2.69 bits per heavy atom. The van der Waals surface area contributed by atoms with Gasteiger partial charge in [-0.15, -0.1) is 11.8 Å². The van der Waals surface area contributed by atoms with Crippen molar-refractivity contribution in [2.75, 3.05) is 19.4 Å². The van der Waals surface area contributed by atoms with Gasteiger partial charge in [-0.25, -0.2) is 0 Å². The Morgan fingerprint density at radius 2 is 2.12 bits per heavy atom. The van der Waals surface area contributed by atoms with Crippen LogP contribution >= 0.6 is 11.8 Å². The standard InChI is InChI=1S/C12H13NO2S/c1-15-10-4-2-9(3-5-10)12(14)11-8-13-6-7-16-11/h2-5,8,13H,6-7H2,1H3. The number of ether oxygens (including phenoxy) is 1. The fourth-order valence-electron chi connectivity index (χ4n) is 1.44. The maximum atomic E-state index is 12.0. The van der Waals surface area contributed by atoms with Crippen LogP contribution < -0.4 is 10.1 Å². The second kappa shape index (κ2) is 5.07. The Kier molecular flexibility index (Phi) is 3.51. The predicted molar refractivity (Wildman–Crippen MR) is 65.9 cm³/mol. The molecule has 0 spiro atoms. The lowest BCUT2D eigenvalue weighted by Gasteiger charge is -2.12. The molecule has 84 valence electrons. The van der Waals surface area contributed by atoms with Gasteiger partial charge in [0, 0.05) is 24.1 Å². The SMILES string of the molecule is COc1ccc(C(=O)C2=CNCCS2)cc1. The Morgan fingerprint density at radius 1 is 1.38 bits per heavy atom. The minimum atomic E-state index is 0.0693. The molecule has 0 fully saturated rings. The summed E-state index contributed by atoms with van der Waals surface area (Å²) in [7, 11) is 1.61. The van der Waals surface area contributed by atoms with Gasteiger partial charge < -0.3 is 10.1 Å². The molecule has 4 heteroatoms. The van der Waals surface area contributed by atoms with Crippen molar-refractivity contribution in [1.82, 2.24) is 5.32 Å². The van der Waals surface area contributed by atoms with Crippen LogP contribution in [-0.4, -0.2) is 25.2 Å². The first-order valence-electron chi connectivity index (χ1n) is 5.06. The molecular formula is C12H13NO2S. The highest BCUT2D eigenvalue weighted by Crippen LogP contribution is 2.23. The van der Waals surface area contributed by atoms with Crippen molar-refractivity contribution in [2.24, 2.45) is 0 Å². The summed E-state index contributed by atoms with van der Waals surface area (Å²) in [6.07, 6.45) is 1.79. The van der Waals surface area contributed by atoms with Crippen LogP contribution in [0.25, 0.3) is 0 Å². The number of allylic oxidation sites excluding steroid dienone is 1. The summed E-state index contributed by atoms with van der Waals surface area (Å²) >= 11 is 1.59. The molecule has 0 saturated heterocycles. The van der Waals surface area contributed by atoms with Gasteiger partial charge in [-0.1, -0.05) is 0 Å². The molecule has 1 heterocycles. The van der Waals surface area contributed by atoms with E-state index in [1.54, 1.807) is 49.3 Å². The van der Waals surface area contributed by atoms with Crippen LogP contribution in [0.3, 0.4) is 0 Å². The molecule has 0 bridgehead atoms. The van der Waals surface area contributed by atoms with Crippen LogP contribution in [0.2, 0.25) is 0 Å². The van der Waals surface area contributed by atoms with Crippen molar-refractivity contribution >= 4 is 17.5 Å². The smallest absolute Gasteiger partial charge is 0.200 e. The van der Waals surface area contributed by atoms with Gasteiger partial charge in [0.2, 0.25) is 5.78 Å². The third-order valence-corrected chi connectivity index (χ3v) is 3.34. The molecule has 16 heavy (non-hydrogen) atoms. The van der Waals surface area contributed by atoms with Crippen LogP contribution in [-0.2, 0) is 0 Å². The lowest BCUT2D eigenvalue weighted by Crippen LogP contribution is -2.18. The van der Waals surface area contributed by atoms with E-state index in [1.807, 2.05) is 0 Å². The minimum Gasteiger partial charge on any atom is -0.497 e. The van der Waals surface area contributed by atoms with Gasteiger partial charge in [-0.2, -0.15) is 0 Å². The Labute approximate surface area is 98.9 Å². The average Bonchev–Trinajstić information content (AvgIpc) is 2.39. The Hall–Kier alpha value is -1.42. The molecule has 1 aromatic rings. The second-order valence-corrected chi connectivity index (χ2v) is 4.51. The minimum absolute atomic E-state index is 0.0693. The molecule has 0 saturated carbocycles. The topological polar surface area (TPSA) is 38.3 Å². The van der Waals surface area contributed by atoms with Gasteiger partial charge in [-0.3, -0.25) is 4.79 Å². The number of methoxy groups -OCH3 is 1. The summed E-state index contributed by atoms with van der Waals surface area (Å²) in [5.41, 5.74) is 0.697. The molecule has 0 aliphatic carbocycles. The Bertz CT molecular complexity index is 412. The molecule has 0 aromatic heterocycles. The van der Waals surface area contributed by atoms with Crippen molar-refractivity contribution in [1.29, 1.82) is 0 Å². The zero-order valence-electron chi connectivity index (χ0n) is 9.03. The molecule has 1 aliphatic rings. The summed E-state index contributed by atoms with van der Waals surface area (Å²) in [5, 5.41) is 3.08. The summed E-state index contributed by atoms with van der Waals surface area (Å²) in [5.74, 6) is 1.77. The summed E-state index contributed by atoms with van der Waals surface area (Å²) in [6, 6.07) is 7.18. The van der Waals surface area contributed by atoms with Crippen LogP contribution in [0.1, 0.15) is 10.4 Å². The number of thioether (sulfide) groups is 1. The highest BCUT2D eigenvalue weighted by Gasteiger charge is 2.14. The van der Waals surface area contributed by atoms with E-state index in [0.29, 0.717) is 5.56 Å². The number of nitrogens with one attached hydrogen (secondary N) is 1. The number of carbonyl (C=O) groups excluding carboxylic acids is 1. The highest BCUT2D eigenvalue weighted by molar-refractivity contribution is 8.04. The first-order chi connectivity index (χ1) is 7.81. The van der Waals surface area contributed by atoms with Crippen molar-refractivity contribution < 1.29 is 9.53 Å².